The number of benzene rings is 1. The predicted octanol–water partition coefficient (Wildman–Crippen LogP) is 2.75. The van der Waals surface area contributed by atoms with E-state index in [0.29, 0.717) is 6.54 Å². The van der Waals surface area contributed by atoms with E-state index in [1.54, 1.807) is 22.6 Å². The summed E-state index contributed by atoms with van der Waals surface area (Å²) in [7, 11) is 0. The summed E-state index contributed by atoms with van der Waals surface area (Å²) >= 11 is 1.74. The Kier molecular flexibility index (Phi) is 4.57. The van der Waals surface area contributed by atoms with Gasteiger partial charge in [-0.1, -0.05) is 30.3 Å². The number of rotatable bonds is 3. The first-order valence-electron chi connectivity index (χ1n) is 5.85. The number of hydrogen-bond donors (Lipinski definition) is 0. The maximum absolute atomic E-state index is 11.9. The Labute approximate surface area is 119 Å². The summed E-state index contributed by atoms with van der Waals surface area (Å²) in [4.78, 5) is 24.8. The first kappa shape index (κ1) is 13.3. The molecule has 1 fully saturated rings. The van der Waals surface area contributed by atoms with Gasteiger partial charge in [0.05, 0.1) is 0 Å². The molecule has 0 unspecified atom stereocenters. The zero-order chi connectivity index (χ0) is 13.0. The maximum Gasteiger partial charge on any atom is 0.410 e. The smallest absolute Gasteiger partial charge is 0.410 e. The molecule has 0 N–H and O–H groups in total. The minimum Gasteiger partial charge on any atom is -0.445 e. The molecule has 0 bridgehead atoms. The second kappa shape index (κ2) is 6.17. The molecule has 1 aliphatic heterocycles. The highest BCUT2D eigenvalue weighted by molar-refractivity contribution is 14.1. The van der Waals surface area contributed by atoms with Crippen LogP contribution < -0.4 is 0 Å². The van der Waals surface area contributed by atoms with Crippen molar-refractivity contribution in [1.82, 2.24) is 4.90 Å². The Morgan fingerprint density at radius 1 is 1.33 bits per heavy atom. The minimum absolute atomic E-state index is 0.00163. The van der Waals surface area contributed by atoms with Gasteiger partial charge in [-0.2, -0.15) is 0 Å². The lowest BCUT2D eigenvalue weighted by Crippen LogP contribution is -2.38. The van der Waals surface area contributed by atoms with Crippen molar-refractivity contribution in [3.8, 4) is 0 Å². The van der Waals surface area contributed by atoms with Gasteiger partial charge in [0.2, 0.25) is 3.79 Å². The van der Waals surface area contributed by atoms with E-state index in [-0.39, 0.29) is 16.4 Å². The van der Waals surface area contributed by atoms with Crippen molar-refractivity contribution in [3.63, 3.8) is 0 Å². The highest BCUT2D eigenvalue weighted by Gasteiger charge is 2.33. The fourth-order valence-electron chi connectivity index (χ4n) is 2.02. The average molecular weight is 359 g/mol. The molecule has 0 spiro atoms. The summed E-state index contributed by atoms with van der Waals surface area (Å²) in [5.41, 5.74) is 0.947. The van der Waals surface area contributed by atoms with Gasteiger partial charge in [-0.05, 0) is 18.4 Å². The molecule has 1 heterocycles. The van der Waals surface area contributed by atoms with Gasteiger partial charge in [0.1, 0.15) is 12.6 Å². The van der Waals surface area contributed by atoms with Gasteiger partial charge < -0.3 is 4.74 Å². The lowest BCUT2D eigenvalue weighted by atomic mass is 10.2. The van der Waals surface area contributed by atoms with Crippen LogP contribution in [0.3, 0.4) is 0 Å². The molecule has 5 heteroatoms. The number of amides is 1. The van der Waals surface area contributed by atoms with Gasteiger partial charge in [-0.3, -0.25) is 9.69 Å². The third-order valence-corrected chi connectivity index (χ3v) is 3.67. The van der Waals surface area contributed by atoms with Crippen molar-refractivity contribution in [2.75, 3.05) is 6.54 Å². The van der Waals surface area contributed by atoms with Crippen LogP contribution in [0.1, 0.15) is 18.4 Å². The average Bonchev–Trinajstić information content (AvgIpc) is 2.86. The van der Waals surface area contributed by atoms with Gasteiger partial charge >= 0.3 is 6.09 Å². The van der Waals surface area contributed by atoms with Gasteiger partial charge in [-0.15, -0.1) is 0 Å². The molecule has 1 atom stereocenters. The van der Waals surface area contributed by atoms with E-state index in [4.69, 9.17) is 4.74 Å². The summed E-state index contributed by atoms with van der Waals surface area (Å²) in [5, 5.41) is 0. The number of halogens is 1. The van der Waals surface area contributed by atoms with Crippen LogP contribution in [0.2, 0.25) is 0 Å². The molecule has 1 amide bonds. The number of hydrogen-bond acceptors (Lipinski definition) is 3. The molecule has 0 radical (unpaired) electrons. The molecule has 1 aromatic carbocycles. The van der Waals surface area contributed by atoms with E-state index < -0.39 is 6.09 Å². The minimum atomic E-state index is -0.397. The second-order valence-electron chi connectivity index (χ2n) is 4.20. The molecule has 1 aromatic rings. The molecule has 96 valence electrons. The Morgan fingerprint density at radius 2 is 2.06 bits per heavy atom. The number of nitrogens with zero attached hydrogens (tertiary/aromatic N) is 1. The van der Waals surface area contributed by atoms with Crippen molar-refractivity contribution >= 4 is 32.5 Å². The largest absolute Gasteiger partial charge is 0.445 e. The summed E-state index contributed by atoms with van der Waals surface area (Å²) in [5.74, 6) is 0. The van der Waals surface area contributed by atoms with E-state index in [9.17, 15) is 9.59 Å². The zero-order valence-corrected chi connectivity index (χ0v) is 12.0. The van der Waals surface area contributed by atoms with Gasteiger partial charge in [0.25, 0.3) is 0 Å². The highest BCUT2D eigenvalue weighted by atomic mass is 127. The van der Waals surface area contributed by atoms with Crippen LogP contribution in [0, 0.1) is 0 Å². The van der Waals surface area contributed by atoms with E-state index in [2.05, 4.69) is 0 Å². The number of carbonyl (C=O) groups excluding carboxylic acids is 2. The molecule has 4 nitrogen and oxygen atoms in total. The Balaban J connectivity index is 1.90. The summed E-state index contributed by atoms with van der Waals surface area (Å²) in [6.07, 6.45) is 1.20. The van der Waals surface area contributed by atoms with Crippen molar-refractivity contribution in [3.05, 3.63) is 35.9 Å². The van der Waals surface area contributed by atoms with Crippen LogP contribution in [-0.2, 0) is 16.1 Å². The molecule has 0 aliphatic carbocycles. The topological polar surface area (TPSA) is 46.6 Å². The van der Waals surface area contributed by atoms with Gasteiger partial charge in [-0.25, -0.2) is 4.79 Å². The van der Waals surface area contributed by atoms with E-state index in [1.807, 2.05) is 30.3 Å². The quantitative estimate of drug-likeness (QED) is 0.616. The van der Waals surface area contributed by atoms with Crippen LogP contribution in [0.5, 0.6) is 0 Å². The molecule has 0 saturated carbocycles. The Hall–Kier alpha value is -1.11. The summed E-state index contributed by atoms with van der Waals surface area (Å²) < 4.78 is 5.23. The van der Waals surface area contributed by atoms with Crippen LogP contribution in [0.4, 0.5) is 4.79 Å². The van der Waals surface area contributed by atoms with Gasteiger partial charge in [0, 0.05) is 29.1 Å². The number of carbonyl (C=O) groups is 2. The van der Waals surface area contributed by atoms with Crippen LogP contribution in [-0.4, -0.2) is 27.4 Å². The first-order chi connectivity index (χ1) is 8.68. The van der Waals surface area contributed by atoms with Gasteiger partial charge in [0.15, 0.2) is 0 Å². The fraction of sp³-hybridized carbons (Fsp3) is 0.385. The Morgan fingerprint density at radius 3 is 2.72 bits per heavy atom. The molecule has 2 rings (SSSR count). The van der Waals surface area contributed by atoms with E-state index in [0.717, 1.165) is 18.4 Å². The van der Waals surface area contributed by atoms with E-state index in [1.165, 1.54) is 4.90 Å². The lowest BCUT2D eigenvalue weighted by molar-refractivity contribution is -0.112. The molecular formula is C13H14INO3. The zero-order valence-electron chi connectivity index (χ0n) is 9.84. The van der Waals surface area contributed by atoms with Crippen molar-refractivity contribution < 1.29 is 14.3 Å². The molecular weight excluding hydrogens is 345 g/mol. The van der Waals surface area contributed by atoms with Crippen molar-refractivity contribution in [2.24, 2.45) is 0 Å². The molecule has 1 saturated heterocycles. The molecule has 0 aromatic heterocycles. The first-order valence-corrected chi connectivity index (χ1v) is 6.93. The highest BCUT2D eigenvalue weighted by Crippen LogP contribution is 2.21. The Bertz CT molecular complexity index is 435. The molecule has 1 aliphatic rings. The third-order valence-electron chi connectivity index (χ3n) is 2.95. The maximum atomic E-state index is 11.9. The monoisotopic (exact) mass is 359 g/mol. The van der Waals surface area contributed by atoms with Crippen LogP contribution >= 0.6 is 22.6 Å². The fourth-order valence-corrected chi connectivity index (χ4v) is 2.67. The third kappa shape index (κ3) is 3.22. The SMILES string of the molecule is O=C(I)[C@@H]1CCCN1C(=O)OCc1ccccc1. The van der Waals surface area contributed by atoms with Crippen molar-refractivity contribution in [1.29, 1.82) is 0 Å². The second-order valence-corrected chi connectivity index (χ2v) is 5.26. The van der Waals surface area contributed by atoms with E-state index >= 15 is 0 Å². The number of ether oxygens (including phenoxy) is 1. The number of likely N-dealkylation sites (tertiary alicyclic amines) is 1. The standard InChI is InChI=1S/C13H14INO3/c14-12(16)11-7-4-8-15(11)13(17)18-9-10-5-2-1-3-6-10/h1-3,5-6,11H,4,7-9H2/t11-/m0/s1. The summed E-state index contributed by atoms with van der Waals surface area (Å²) in [6.45, 7) is 0.853. The summed E-state index contributed by atoms with van der Waals surface area (Å²) in [6, 6.07) is 9.20. The lowest BCUT2D eigenvalue weighted by Gasteiger charge is -2.21. The van der Waals surface area contributed by atoms with Crippen LogP contribution in [0.15, 0.2) is 30.3 Å². The predicted molar refractivity (Wildman–Crippen MR) is 75.4 cm³/mol. The normalized spacial score (nSPS) is 18.7. The molecule has 18 heavy (non-hydrogen) atoms. The van der Waals surface area contributed by atoms with Crippen molar-refractivity contribution in [2.45, 2.75) is 25.5 Å². The van der Waals surface area contributed by atoms with Crippen LogP contribution in [0.25, 0.3) is 0 Å².